The van der Waals surface area contributed by atoms with Crippen molar-refractivity contribution < 1.29 is 0 Å². The Balaban J connectivity index is 2.14. The molecule has 4 nitrogen and oxygen atoms in total. The summed E-state index contributed by atoms with van der Waals surface area (Å²) in [5.74, 6) is 1.02. The van der Waals surface area contributed by atoms with E-state index in [1.54, 1.807) is 6.20 Å². The SMILES string of the molecule is CCc1nccn1CCC(N)(C#N)c1ccccc1. The largest absolute Gasteiger partial charge is 0.335 e. The van der Waals surface area contributed by atoms with Gasteiger partial charge in [-0.25, -0.2) is 4.98 Å². The third-order valence-corrected chi connectivity index (χ3v) is 3.35. The molecule has 0 saturated carbocycles. The molecule has 1 heterocycles. The van der Waals surface area contributed by atoms with E-state index in [2.05, 4.69) is 22.5 Å². The van der Waals surface area contributed by atoms with Gasteiger partial charge in [-0.3, -0.25) is 0 Å². The molecule has 4 heteroatoms. The molecule has 0 spiro atoms. The van der Waals surface area contributed by atoms with E-state index in [9.17, 15) is 5.26 Å². The Morgan fingerprint density at radius 3 is 2.74 bits per heavy atom. The monoisotopic (exact) mass is 254 g/mol. The first-order valence-electron chi connectivity index (χ1n) is 6.45. The second-order valence-electron chi connectivity index (χ2n) is 4.59. The maximum Gasteiger partial charge on any atom is 0.131 e. The molecule has 0 saturated heterocycles. The van der Waals surface area contributed by atoms with Gasteiger partial charge in [0.05, 0.1) is 6.07 Å². The van der Waals surface area contributed by atoms with Gasteiger partial charge in [0.15, 0.2) is 0 Å². The van der Waals surface area contributed by atoms with Gasteiger partial charge >= 0.3 is 0 Å². The first-order chi connectivity index (χ1) is 9.19. The van der Waals surface area contributed by atoms with Gasteiger partial charge in [0.2, 0.25) is 0 Å². The Labute approximate surface area is 113 Å². The first-order valence-corrected chi connectivity index (χ1v) is 6.45. The van der Waals surface area contributed by atoms with Crippen LogP contribution in [0.5, 0.6) is 0 Å². The summed E-state index contributed by atoms with van der Waals surface area (Å²) >= 11 is 0. The molecule has 0 amide bonds. The Kier molecular flexibility index (Phi) is 3.98. The predicted molar refractivity (Wildman–Crippen MR) is 74.1 cm³/mol. The highest BCUT2D eigenvalue weighted by molar-refractivity contribution is 5.30. The molecule has 0 bridgehead atoms. The van der Waals surface area contributed by atoms with Gasteiger partial charge in [-0.1, -0.05) is 37.3 Å². The van der Waals surface area contributed by atoms with Gasteiger partial charge in [-0.05, 0) is 5.56 Å². The number of nitrogens with two attached hydrogens (primary N) is 1. The summed E-state index contributed by atoms with van der Waals surface area (Å²) in [6, 6.07) is 11.8. The lowest BCUT2D eigenvalue weighted by molar-refractivity contribution is 0.466. The molecule has 1 aromatic carbocycles. The second-order valence-corrected chi connectivity index (χ2v) is 4.59. The van der Waals surface area contributed by atoms with Crippen molar-refractivity contribution >= 4 is 0 Å². The molecule has 1 atom stereocenters. The van der Waals surface area contributed by atoms with Crippen LogP contribution in [0.15, 0.2) is 42.7 Å². The second kappa shape index (κ2) is 5.68. The fourth-order valence-electron chi connectivity index (χ4n) is 2.16. The number of benzene rings is 1. The van der Waals surface area contributed by atoms with Crippen LogP contribution >= 0.6 is 0 Å². The van der Waals surface area contributed by atoms with E-state index in [1.165, 1.54) is 0 Å². The summed E-state index contributed by atoms with van der Waals surface area (Å²) in [5, 5.41) is 9.39. The molecule has 0 aliphatic rings. The summed E-state index contributed by atoms with van der Waals surface area (Å²) in [6.45, 7) is 2.76. The number of nitrogens with zero attached hydrogens (tertiary/aromatic N) is 3. The predicted octanol–water partition coefficient (Wildman–Crippen LogP) is 2.21. The van der Waals surface area contributed by atoms with Gasteiger partial charge in [0.25, 0.3) is 0 Å². The van der Waals surface area contributed by atoms with Crippen LogP contribution in [0.4, 0.5) is 0 Å². The topological polar surface area (TPSA) is 67.6 Å². The van der Waals surface area contributed by atoms with E-state index in [-0.39, 0.29) is 0 Å². The lowest BCUT2D eigenvalue weighted by atomic mass is 9.89. The third-order valence-electron chi connectivity index (χ3n) is 3.35. The van der Waals surface area contributed by atoms with Crippen LogP contribution in [0.2, 0.25) is 0 Å². The summed E-state index contributed by atoms with van der Waals surface area (Å²) < 4.78 is 2.06. The van der Waals surface area contributed by atoms with Crippen LogP contribution in [0.3, 0.4) is 0 Å². The van der Waals surface area contributed by atoms with Gasteiger partial charge in [-0.2, -0.15) is 5.26 Å². The maximum atomic E-state index is 9.39. The molecule has 1 aromatic heterocycles. The average Bonchev–Trinajstić information content (AvgIpc) is 2.93. The smallest absolute Gasteiger partial charge is 0.131 e. The van der Waals surface area contributed by atoms with E-state index < -0.39 is 5.54 Å². The van der Waals surface area contributed by atoms with E-state index in [0.717, 1.165) is 17.8 Å². The lowest BCUT2D eigenvalue weighted by Crippen LogP contribution is -2.36. The summed E-state index contributed by atoms with van der Waals surface area (Å²) in [6.07, 6.45) is 5.16. The van der Waals surface area contributed by atoms with Crippen molar-refractivity contribution in [1.82, 2.24) is 9.55 Å². The molecule has 2 aromatic rings. The quantitative estimate of drug-likeness (QED) is 0.889. The van der Waals surface area contributed by atoms with Crippen LogP contribution in [0.25, 0.3) is 0 Å². The molecular formula is C15H18N4. The minimum Gasteiger partial charge on any atom is -0.335 e. The molecule has 2 N–H and O–H groups in total. The number of aromatic nitrogens is 2. The minimum atomic E-state index is -0.948. The van der Waals surface area contributed by atoms with Crippen molar-refractivity contribution in [2.24, 2.45) is 5.73 Å². The van der Waals surface area contributed by atoms with E-state index in [4.69, 9.17) is 5.73 Å². The maximum absolute atomic E-state index is 9.39. The number of rotatable bonds is 5. The number of imidazole rings is 1. The number of aryl methyl sites for hydroxylation is 2. The molecule has 0 radical (unpaired) electrons. The molecule has 0 aliphatic heterocycles. The highest BCUT2D eigenvalue weighted by Gasteiger charge is 2.26. The average molecular weight is 254 g/mol. The fraction of sp³-hybridized carbons (Fsp3) is 0.333. The molecular weight excluding hydrogens is 236 g/mol. The highest BCUT2D eigenvalue weighted by Crippen LogP contribution is 2.22. The van der Waals surface area contributed by atoms with Crippen LogP contribution in [0, 0.1) is 11.3 Å². The van der Waals surface area contributed by atoms with Crippen molar-refractivity contribution in [2.45, 2.75) is 31.8 Å². The van der Waals surface area contributed by atoms with Gasteiger partial charge in [-0.15, -0.1) is 0 Å². The Hall–Kier alpha value is -2.12. The number of nitriles is 1. The first kappa shape index (κ1) is 13.3. The van der Waals surface area contributed by atoms with Crippen LogP contribution < -0.4 is 5.73 Å². The van der Waals surface area contributed by atoms with Crippen molar-refractivity contribution in [3.8, 4) is 6.07 Å². The van der Waals surface area contributed by atoms with Gasteiger partial charge in [0, 0.05) is 31.8 Å². The van der Waals surface area contributed by atoms with Crippen molar-refractivity contribution in [1.29, 1.82) is 5.26 Å². The lowest BCUT2D eigenvalue weighted by Gasteiger charge is -2.22. The van der Waals surface area contributed by atoms with E-state index in [1.807, 2.05) is 36.5 Å². The molecule has 2 rings (SSSR count). The highest BCUT2D eigenvalue weighted by atomic mass is 15.1. The van der Waals surface area contributed by atoms with E-state index in [0.29, 0.717) is 13.0 Å². The Morgan fingerprint density at radius 1 is 1.37 bits per heavy atom. The zero-order chi connectivity index (χ0) is 13.7. The van der Waals surface area contributed by atoms with Crippen molar-refractivity contribution in [3.05, 3.63) is 54.1 Å². The van der Waals surface area contributed by atoms with Gasteiger partial charge in [0.1, 0.15) is 11.4 Å². The molecule has 19 heavy (non-hydrogen) atoms. The number of hydrogen-bond donors (Lipinski definition) is 1. The molecule has 1 unspecified atom stereocenters. The van der Waals surface area contributed by atoms with Crippen LogP contribution in [-0.4, -0.2) is 9.55 Å². The Morgan fingerprint density at radius 2 is 2.11 bits per heavy atom. The molecule has 98 valence electrons. The van der Waals surface area contributed by atoms with Crippen molar-refractivity contribution in [2.75, 3.05) is 0 Å². The fourth-order valence-corrected chi connectivity index (χ4v) is 2.16. The van der Waals surface area contributed by atoms with Crippen LogP contribution in [-0.2, 0) is 18.5 Å². The summed E-state index contributed by atoms with van der Waals surface area (Å²) in [4.78, 5) is 4.27. The number of hydrogen-bond acceptors (Lipinski definition) is 3. The van der Waals surface area contributed by atoms with E-state index >= 15 is 0 Å². The minimum absolute atomic E-state index is 0.566. The standard InChI is InChI=1S/C15H18N4/c1-2-14-18-9-11-19(14)10-8-15(17,12-16)13-6-4-3-5-7-13/h3-7,9,11H,2,8,10,17H2,1H3. The molecule has 0 aliphatic carbocycles. The zero-order valence-electron chi connectivity index (χ0n) is 11.1. The normalized spacial score (nSPS) is 13.7. The third kappa shape index (κ3) is 2.83. The summed E-state index contributed by atoms with van der Waals surface area (Å²) in [5.41, 5.74) is 6.14. The summed E-state index contributed by atoms with van der Waals surface area (Å²) in [7, 11) is 0. The van der Waals surface area contributed by atoms with Crippen LogP contribution in [0.1, 0.15) is 24.7 Å². The Bertz CT molecular complexity index is 567. The molecule has 0 fully saturated rings. The van der Waals surface area contributed by atoms with Crippen molar-refractivity contribution in [3.63, 3.8) is 0 Å². The van der Waals surface area contributed by atoms with Gasteiger partial charge < -0.3 is 10.3 Å². The zero-order valence-corrected chi connectivity index (χ0v) is 11.1.